The van der Waals surface area contributed by atoms with Crippen LogP contribution in [0.15, 0.2) is 35.7 Å². The molecule has 0 saturated carbocycles. The molecule has 2 aromatic rings. The number of aliphatic carboxylic acids is 1. The SMILES string of the molecule is COc1cc(OC)c(/C=C/S(=O)Cc2ccc(OC)c(C(N)C(=O)O)c2)c(OC)c1. The summed E-state index contributed by atoms with van der Waals surface area (Å²) in [7, 11) is 4.62. The second-order valence-electron chi connectivity index (χ2n) is 6.17. The van der Waals surface area contributed by atoms with Crippen molar-refractivity contribution in [3.8, 4) is 23.0 Å². The molecule has 0 radical (unpaired) electrons. The number of rotatable bonds is 10. The molecule has 0 aliphatic carbocycles. The molecule has 9 heteroatoms. The molecule has 0 amide bonds. The van der Waals surface area contributed by atoms with E-state index >= 15 is 0 Å². The number of carboxylic acid groups (broad SMARTS) is 1. The van der Waals surface area contributed by atoms with Crippen molar-refractivity contribution in [3.63, 3.8) is 0 Å². The van der Waals surface area contributed by atoms with Crippen molar-refractivity contribution in [2.75, 3.05) is 28.4 Å². The van der Waals surface area contributed by atoms with Crippen LogP contribution in [-0.2, 0) is 21.3 Å². The number of benzene rings is 2. The molecule has 0 saturated heterocycles. The van der Waals surface area contributed by atoms with Crippen LogP contribution in [-0.4, -0.2) is 43.7 Å². The summed E-state index contributed by atoms with van der Waals surface area (Å²) in [6, 6.07) is 7.10. The second kappa shape index (κ2) is 10.7. The molecule has 2 aromatic carbocycles. The Morgan fingerprint density at radius 1 is 1.03 bits per heavy atom. The lowest BCUT2D eigenvalue weighted by atomic mass is 10.0. The Kier molecular flexibility index (Phi) is 8.25. The van der Waals surface area contributed by atoms with E-state index < -0.39 is 22.8 Å². The van der Waals surface area contributed by atoms with Gasteiger partial charge in [-0.1, -0.05) is 6.07 Å². The van der Waals surface area contributed by atoms with Gasteiger partial charge in [0.05, 0.1) is 50.6 Å². The monoisotopic (exact) mass is 435 g/mol. The predicted molar refractivity (Wildman–Crippen MR) is 115 cm³/mol. The van der Waals surface area contributed by atoms with Gasteiger partial charge in [0.15, 0.2) is 0 Å². The average molecular weight is 435 g/mol. The summed E-state index contributed by atoms with van der Waals surface area (Å²) in [5.74, 6) is 0.952. The van der Waals surface area contributed by atoms with E-state index in [1.165, 1.54) is 33.8 Å². The van der Waals surface area contributed by atoms with Crippen molar-refractivity contribution in [1.29, 1.82) is 0 Å². The van der Waals surface area contributed by atoms with Crippen molar-refractivity contribution in [3.05, 3.63) is 52.4 Å². The summed E-state index contributed by atoms with van der Waals surface area (Å²) in [5.41, 5.74) is 7.34. The van der Waals surface area contributed by atoms with Gasteiger partial charge in [0.25, 0.3) is 0 Å². The highest BCUT2D eigenvalue weighted by atomic mass is 32.2. The molecule has 0 bridgehead atoms. The van der Waals surface area contributed by atoms with E-state index in [4.69, 9.17) is 24.7 Å². The van der Waals surface area contributed by atoms with Crippen LogP contribution in [0.5, 0.6) is 23.0 Å². The third kappa shape index (κ3) is 5.52. The first-order valence-corrected chi connectivity index (χ1v) is 10.2. The number of methoxy groups -OCH3 is 4. The Bertz CT molecular complexity index is 933. The van der Waals surface area contributed by atoms with Gasteiger partial charge in [-0.05, 0) is 23.8 Å². The molecule has 0 heterocycles. The number of carboxylic acids is 1. The smallest absolute Gasteiger partial charge is 0.325 e. The zero-order chi connectivity index (χ0) is 22.3. The fourth-order valence-electron chi connectivity index (χ4n) is 2.80. The molecule has 2 atom stereocenters. The Morgan fingerprint density at radius 2 is 1.63 bits per heavy atom. The van der Waals surface area contributed by atoms with Gasteiger partial charge < -0.3 is 29.8 Å². The van der Waals surface area contributed by atoms with Gasteiger partial charge in [0, 0.05) is 23.1 Å². The molecule has 2 unspecified atom stereocenters. The van der Waals surface area contributed by atoms with Crippen LogP contribution in [0.1, 0.15) is 22.7 Å². The maximum Gasteiger partial charge on any atom is 0.325 e. The van der Waals surface area contributed by atoms with Gasteiger partial charge in [0.2, 0.25) is 0 Å². The first kappa shape index (κ1) is 23.2. The fourth-order valence-corrected chi connectivity index (χ4v) is 3.70. The maximum atomic E-state index is 12.6. The van der Waals surface area contributed by atoms with Crippen LogP contribution in [0.4, 0.5) is 0 Å². The van der Waals surface area contributed by atoms with Crippen LogP contribution in [0.3, 0.4) is 0 Å². The van der Waals surface area contributed by atoms with E-state index in [0.29, 0.717) is 39.7 Å². The summed E-state index contributed by atoms with van der Waals surface area (Å²) in [4.78, 5) is 11.2. The molecule has 8 nitrogen and oxygen atoms in total. The van der Waals surface area contributed by atoms with E-state index in [1.807, 2.05) is 0 Å². The summed E-state index contributed by atoms with van der Waals surface area (Å²) in [5, 5.41) is 10.7. The quantitative estimate of drug-likeness (QED) is 0.585. The first-order chi connectivity index (χ1) is 14.3. The van der Waals surface area contributed by atoms with E-state index in [9.17, 15) is 14.1 Å². The minimum atomic E-state index is -1.39. The van der Waals surface area contributed by atoms with Gasteiger partial charge in [0.1, 0.15) is 29.0 Å². The number of hydrogen-bond acceptors (Lipinski definition) is 7. The molecule has 162 valence electrons. The third-order valence-electron chi connectivity index (χ3n) is 4.34. The largest absolute Gasteiger partial charge is 0.496 e. The second-order valence-corrected chi connectivity index (χ2v) is 7.49. The zero-order valence-corrected chi connectivity index (χ0v) is 18.0. The lowest BCUT2D eigenvalue weighted by Gasteiger charge is -2.14. The lowest BCUT2D eigenvalue weighted by molar-refractivity contribution is -0.138. The summed E-state index contributed by atoms with van der Waals surface area (Å²) < 4.78 is 33.8. The number of hydrogen-bond donors (Lipinski definition) is 2. The van der Waals surface area contributed by atoms with Crippen LogP contribution in [0, 0.1) is 0 Å². The van der Waals surface area contributed by atoms with E-state index in [-0.39, 0.29) is 5.75 Å². The van der Waals surface area contributed by atoms with E-state index in [1.54, 1.807) is 36.4 Å². The summed E-state index contributed by atoms with van der Waals surface area (Å²) in [6.07, 6.45) is 1.65. The average Bonchev–Trinajstić information content (AvgIpc) is 2.76. The Morgan fingerprint density at radius 3 is 2.13 bits per heavy atom. The highest BCUT2D eigenvalue weighted by Crippen LogP contribution is 2.35. The standard InChI is InChI=1S/C21H25NO7S/c1-26-14-10-18(28-3)15(19(11-14)29-4)7-8-30(25)12-13-5-6-17(27-2)16(9-13)20(22)21(23)24/h5-11,20H,12,22H2,1-4H3,(H,23,24)/b8-7+. The molecular weight excluding hydrogens is 410 g/mol. The number of ether oxygens (including phenoxy) is 4. The molecular formula is C21H25NO7S. The van der Waals surface area contributed by atoms with Crippen molar-refractivity contribution in [2.45, 2.75) is 11.8 Å². The Hall–Kier alpha value is -3.04. The van der Waals surface area contributed by atoms with Gasteiger partial charge in [-0.15, -0.1) is 0 Å². The van der Waals surface area contributed by atoms with Gasteiger partial charge >= 0.3 is 5.97 Å². The summed E-state index contributed by atoms with van der Waals surface area (Å²) >= 11 is 0. The minimum absolute atomic E-state index is 0.167. The van der Waals surface area contributed by atoms with E-state index in [2.05, 4.69) is 0 Å². The fraction of sp³-hybridized carbons (Fsp3) is 0.286. The molecule has 0 aromatic heterocycles. The molecule has 30 heavy (non-hydrogen) atoms. The molecule has 2 rings (SSSR count). The zero-order valence-electron chi connectivity index (χ0n) is 17.2. The van der Waals surface area contributed by atoms with Crippen molar-refractivity contribution >= 4 is 22.8 Å². The lowest BCUT2D eigenvalue weighted by Crippen LogP contribution is -2.21. The normalized spacial score (nSPS) is 13.0. The van der Waals surface area contributed by atoms with Crippen molar-refractivity contribution in [2.24, 2.45) is 5.73 Å². The van der Waals surface area contributed by atoms with Gasteiger partial charge in [-0.25, -0.2) is 0 Å². The van der Waals surface area contributed by atoms with Gasteiger partial charge in [-0.3, -0.25) is 9.00 Å². The Balaban J connectivity index is 2.27. The predicted octanol–water partition coefficient (Wildman–Crippen LogP) is 2.73. The minimum Gasteiger partial charge on any atom is -0.496 e. The highest BCUT2D eigenvalue weighted by Gasteiger charge is 2.19. The third-order valence-corrected chi connectivity index (χ3v) is 5.40. The number of carbonyl (C=O) groups is 1. The summed E-state index contributed by atoms with van der Waals surface area (Å²) in [6.45, 7) is 0. The topological polar surface area (TPSA) is 117 Å². The molecule has 0 aliphatic heterocycles. The molecule has 0 fully saturated rings. The molecule has 0 spiro atoms. The highest BCUT2D eigenvalue weighted by molar-refractivity contribution is 7.87. The Labute approximate surface area is 177 Å². The van der Waals surface area contributed by atoms with Crippen molar-refractivity contribution in [1.82, 2.24) is 0 Å². The van der Waals surface area contributed by atoms with Crippen LogP contribution in [0.2, 0.25) is 0 Å². The van der Waals surface area contributed by atoms with Crippen molar-refractivity contribution < 1.29 is 33.1 Å². The molecule has 3 N–H and O–H groups in total. The molecule has 0 aliphatic rings. The maximum absolute atomic E-state index is 12.6. The number of nitrogens with two attached hydrogens (primary N) is 1. The van der Waals surface area contributed by atoms with Crippen LogP contribution < -0.4 is 24.7 Å². The van der Waals surface area contributed by atoms with Gasteiger partial charge in [-0.2, -0.15) is 0 Å². The van der Waals surface area contributed by atoms with E-state index in [0.717, 1.165) is 0 Å². The van der Waals surface area contributed by atoms with Crippen LogP contribution in [0.25, 0.3) is 6.08 Å². The first-order valence-electron chi connectivity index (χ1n) is 8.85. The van der Waals surface area contributed by atoms with Crippen LogP contribution >= 0.6 is 0 Å².